The van der Waals surface area contributed by atoms with Gasteiger partial charge < -0.3 is 5.73 Å². The van der Waals surface area contributed by atoms with Gasteiger partial charge in [0.2, 0.25) is 0 Å². The van der Waals surface area contributed by atoms with E-state index < -0.39 is 0 Å². The van der Waals surface area contributed by atoms with Gasteiger partial charge in [-0.1, -0.05) is 53.2 Å². The molecular weight excluding hydrogens is 284 g/mol. The van der Waals surface area contributed by atoms with Gasteiger partial charge >= 0.3 is 0 Å². The van der Waals surface area contributed by atoms with E-state index in [1.807, 2.05) is 10.7 Å². The van der Waals surface area contributed by atoms with Crippen molar-refractivity contribution in [2.24, 2.45) is 5.73 Å². The molecule has 1 aromatic heterocycles. The van der Waals surface area contributed by atoms with Crippen molar-refractivity contribution in [1.82, 2.24) is 15.0 Å². The lowest BCUT2D eigenvalue weighted by atomic mass is 10.1. The molecule has 0 fully saturated rings. The number of hydrogen-bond acceptors (Lipinski definition) is 3. The molecule has 0 aliphatic rings. The van der Waals surface area contributed by atoms with Crippen molar-refractivity contribution in [3.05, 3.63) is 76.6 Å². The van der Waals surface area contributed by atoms with E-state index in [9.17, 15) is 0 Å². The van der Waals surface area contributed by atoms with E-state index in [1.165, 1.54) is 16.7 Å². The molecule has 0 unspecified atom stereocenters. The minimum atomic E-state index is 0.412. The third-order valence-electron chi connectivity index (χ3n) is 4.11. The molecule has 2 N–H and O–H groups in total. The third-order valence-corrected chi connectivity index (χ3v) is 4.11. The smallest absolute Gasteiger partial charge is 0.0999 e. The zero-order valence-corrected chi connectivity index (χ0v) is 13.7. The van der Waals surface area contributed by atoms with Crippen LogP contribution in [-0.4, -0.2) is 15.0 Å². The van der Waals surface area contributed by atoms with Crippen molar-refractivity contribution in [1.29, 1.82) is 0 Å². The summed E-state index contributed by atoms with van der Waals surface area (Å²) in [4.78, 5) is 0. The number of aryl methyl sites for hydroxylation is 3. The zero-order valence-electron chi connectivity index (χ0n) is 13.7. The maximum absolute atomic E-state index is 5.86. The van der Waals surface area contributed by atoms with Gasteiger partial charge in [0.15, 0.2) is 0 Å². The molecule has 1 heterocycles. The lowest BCUT2D eigenvalue weighted by Gasteiger charge is -2.11. The molecule has 4 heteroatoms. The Bertz CT molecular complexity index is 790. The van der Waals surface area contributed by atoms with Crippen molar-refractivity contribution in [3.8, 4) is 5.69 Å². The highest BCUT2D eigenvalue weighted by atomic mass is 15.4. The van der Waals surface area contributed by atoms with Gasteiger partial charge in [0, 0.05) is 6.54 Å². The predicted octanol–water partition coefficient (Wildman–Crippen LogP) is 3.13. The van der Waals surface area contributed by atoms with E-state index >= 15 is 0 Å². The number of hydrogen-bond donors (Lipinski definition) is 1. The summed E-state index contributed by atoms with van der Waals surface area (Å²) in [5.41, 5.74) is 12.7. The molecule has 3 rings (SSSR count). The first-order valence-corrected chi connectivity index (χ1v) is 7.94. The van der Waals surface area contributed by atoms with E-state index in [1.54, 1.807) is 0 Å². The Labute approximate surface area is 137 Å². The first kappa shape index (κ1) is 15.4. The normalized spacial score (nSPS) is 10.9. The standard InChI is InChI=1S/C19H22N4/c1-14-8-10-18(15(2)12-14)23-19(17(13-20)21-22-23)11-9-16-6-4-3-5-7-16/h3-8,10,12H,9,11,13,20H2,1-2H3. The van der Waals surface area contributed by atoms with Gasteiger partial charge in [0.1, 0.15) is 0 Å². The molecule has 0 atom stereocenters. The molecule has 2 aromatic carbocycles. The van der Waals surface area contributed by atoms with E-state index in [-0.39, 0.29) is 0 Å². The van der Waals surface area contributed by atoms with Crippen LogP contribution in [0.1, 0.15) is 28.1 Å². The van der Waals surface area contributed by atoms with Crippen LogP contribution in [0.25, 0.3) is 5.69 Å². The quantitative estimate of drug-likeness (QED) is 0.788. The highest BCUT2D eigenvalue weighted by Crippen LogP contribution is 2.19. The average Bonchev–Trinajstić information content (AvgIpc) is 2.96. The fraction of sp³-hybridized carbons (Fsp3) is 0.263. The summed E-state index contributed by atoms with van der Waals surface area (Å²) in [6.45, 7) is 4.61. The minimum absolute atomic E-state index is 0.412. The molecule has 0 radical (unpaired) electrons. The molecule has 4 nitrogen and oxygen atoms in total. The van der Waals surface area contributed by atoms with Crippen molar-refractivity contribution < 1.29 is 0 Å². The van der Waals surface area contributed by atoms with Crippen LogP contribution in [0.5, 0.6) is 0 Å². The van der Waals surface area contributed by atoms with Crippen LogP contribution in [-0.2, 0) is 19.4 Å². The first-order chi connectivity index (χ1) is 11.2. The number of nitrogens with zero attached hydrogens (tertiary/aromatic N) is 3. The Morgan fingerprint density at radius 1 is 1.00 bits per heavy atom. The van der Waals surface area contributed by atoms with Gasteiger partial charge in [0.05, 0.1) is 17.1 Å². The Kier molecular flexibility index (Phi) is 4.53. The molecule has 3 aromatic rings. The third kappa shape index (κ3) is 3.32. The highest BCUT2D eigenvalue weighted by Gasteiger charge is 2.14. The monoisotopic (exact) mass is 306 g/mol. The summed E-state index contributed by atoms with van der Waals surface area (Å²) in [6, 6.07) is 16.8. The Morgan fingerprint density at radius 3 is 2.48 bits per heavy atom. The summed E-state index contributed by atoms with van der Waals surface area (Å²) in [5, 5.41) is 8.62. The predicted molar refractivity (Wildman–Crippen MR) is 92.6 cm³/mol. The average molecular weight is 306 g/mol. The second-order valence-electron chi connectivity index (χ2n) is 5.87. The van der Waals surface area contributed by atoms with Gasteiger partial charge in [-0.15, -0.1) is 5.10 Å². The van der Waals surface area contributed by atoms with Crippen LogP contribution in [0.2, 0.25) is 0 Å². The maximum Gasteiger partial charge on any atom is 0.0999 e. The fourth-order valence-corrected chi connectivity index (χ4v) is 2.89. The molecule has 0 saturated carbocycles. The second-order valence-corrected chi connectivity index (χ2v) is 5.87. The van der Waals surface area contributed by atoms with Crippen LogP contribution in [0.4, 0.5) is 0 Å². The van der Waals surface area contributed by atoms with E-state index in [4.69, 9.17) is 5.73 Å². The van der Waals surface area contributed by atoms with Gasteiger partial charge in [0.25, 0.3) is 0 Å². The van der Waals surface area contributed by atoms with Crippen LogP contribution in [0.15, 0.2) is 48.5 Å². The lowest BCUT2D eigenvalue weighted by Crippen LogP contribution is -2.09. The van der Waals surface area contributed by atoms with Gasteiger partial charge in [-0.3, -0.25) is 0 Å². The molecule has 0 amide bonds. The largest absolute Gasteiger partial charge is 0.325 e. The van der Waals surface area contributed by atoms with Gasteiger partial charge in [-0.05, 0) is 43.9 Å². The van der Waals surface area contributed by atoms with Gasteiger partial charge in [-0.2, -0.15) is 0 Å². The number of rotatable bonds is 5. The maximum atomic E-state index is 5.86. The first-order valence-electron chi connectivity index (χ1n) is 7.94. The summed E-state index contributed by atoms with van der Waals surface area (Å²) >= 11 is 0. The topological polar surface area (TPSA) is 56.7 Å². The number of nitrogens with two attached hydrogens (primary N) is 1. The molecule has 118 valence electrons. The van der Waals surface area contributed by atoms with Crippen molar-refractivity contribution >= 4 is 0 Å². The summed E-state index contributed by atoms with van der Waals surface area (Å²) in [6.07, 6.45) is 1.82. The molecular formula is C19H22N4. The summed E-state index contributed by atoms with van der Waals surface area (Å²) in [7, 11) is 0. The Balaban J connectivity index is 1.94. The molecule has 23 heavy (non-hydrogen) atoms. The zero-order chi connectivity index (χ0) is 16.2. The van der Waals surface area contributed by atoms with Crippen LogP contribution in [0.3, 0.4) is 0 Å². The molecule has 0 spiro atoms. The fourth-order valence-electron chi connectivity index (χ4n) is 2.89. The molecule has 0 saturated heterocycles. The molecule has 0 aliphatic carbocycles. The van der Waals surface area contributed by atoms with Gasteiger partial charge in [-0.25, -0.2) is 4.68 Å². The number of aromatic nitrogens is 3. The van der Waals surface area contributed by atoms with Crippen LogP contribution < -0.4 is 5.73 Å². The van der Waals surface area contributed by atoms with E-state index in [0.717, 1.165) is 29.9 Å². The molecule has 0 aliphatic heterocycles. The van der Waals surface area contributed by atoms with Crippen LogP contribution in [0, 0.1) is 13.8 Å². The highest BCUT2D eigenvalue weighted by molar-refractivity contribution is 5.43. The lowest BCUT2D eigenvalue weighted by molar-refractivity contribution is 0.748. The molecule has 0 bridgehead atoms. The van der Waals surface area contributed by atoms with Crippen molar-refractivity contribution in [2.45, 2.75) is 33.2 Å². The SMILES string of the molecule is Cc1ccc(-n2nnc(CN)c2CCc2ccccc2)c(C)c1. The van der Waals surface area contributed by atoms with Crippen LogP contribution >= 0.6 is 0 Å². The summed E-state index contributed by atoms with van der Waals surface area (Å²) in [5.74, 6) is 0. The minimum Gasteiger partial charge on any atom is -0.325 e. The second kappa shape index (κ2) is 6.75. The Hall–Kier alpha value is -2.46. The number of benzene rings is 2. The summed E-state index contributed by atoms with van der Waals surface area (Å²) < 4.78 is 1.94. The van der Waals surface area contributed by atoms with Crippen molar-refractivity contribution in [2.75, 3.05) is 0 Å². The van der Waals surface area contributed by atoms with Crippen molar-refractivity contribution in [3.63, 3.8) is 0 Å². The van der Waals surface area contributed by atoms with E-state index in [0.29, 0.717) is 6.54 Å². The Morgan fingerprint density at radius 2 is 1.78 bits per heavy atom. The van der Waals surface area contributed by atoms with E-state index in [2.05, 4.69) is 66.6 Å².